The zero-order valence-electron chi connectivity index (χ0n) is 17.0. The molecule has 164 valence electrons. The van der Waals surface area contributed by atoms with Crippen molar-refractivity contribution in [3.63, 3.8) is 0 Å². The molecule has 0 unspecified atom stereocenters. The average Bonchev–Trinajstić information content (AvgIpc) is 2.76. The van der Waals surface area contributed by atoms with Crippen molar-refractivity contribution in [2.45, 2.75) is 18.0 Å². The zero-order chi connectivity index (χ0) is 22.0. The van der Waals surface area contributed by atoms with Crippen LogP contribution in [0.3, 0.4) is 0 Å². The molecule has 1 saturated heterocycles. The normalized spacial score (nSPS) is 17.9. The molecular weight excluding hydrogens is 440 g/mol. The maximum atomic E-state index is 13.2. The highest BCUT2D eigenvalue weighted by molar-refractivity contribution is 8.08. The fraction of sp³-hybridized carbons (Fsp3) is 0.333. The van der Waals surface area contributed by atoms with Crippen molar-refractivity contribution in [3.05, 3.63) is 58.6 Å². The summed E-state index contributed by atoms with van der Waals surface area (Å²) in [7, 11) is -2.52. The van der Waals surface area contributed by atoms with Crippen LogP contribution in [-0.2, 0) is 32.5 Å². The number of carbonyl (C=O) groups excluding carboxylic acids is 1. The SMILES string of the molecule is CN(Cc1ccc(Cl)cc1)C(=O)C1=NNc2ccc(CN3CCOCC3)cc2S1(=O)=O. The summed E-state index contributed by atoms with van der Waals surface area (Å²) in [4.78, 5) is 16.5. The minimum Gasteiger partial charge on any atom is -0.379 e. The molecule has 0 aliphatic carbocycles. The number of fused-ring (bicyclic) bond motifs is 1. The number of halogens is 1. The van der Waals surface area contributed by atoms with Gasteiger partial charge in [0, 0.05) is 38.2 Å². The van der Waals surface area contributed by atoms with Gasteiger partial charge in [-0.2, -0.15) is 5.10 Å². The first kappa shape index (κ1) is 21.8. The first-order valence-electron chi connectivity index (χ1n) is 9.86. The van der Waals surface area contributed by atoms with Gasteiger partial charge in [-0.15, -0.1) is 0 Å². The van der Waals surface area contributed by atoms with Gasteiger partial charge in [-0.05, 0) is 35.4 Å². The Balaban J connectivity index is 1.53. The molecule has 4 rings (SSSR count). The van der Waals surface area contributed by atoms with Crippen LogP contribution in [0, 0.1) is 0 Å². The monoisotopic (exact) mass is 462 g/mol. The van der Waals surface area contributed by atoms with Gasteiger partial charge in [0.2, 0.25) is 14.9 Å². The van der Waals surface area contributed by atoms with Crippen LogP contribution in [0.1, 0.15) is 11.1 Å². The van der Waals surface area contributed by atoms with Gasteiger partial charge in [-0.25, -0.2) is 8.42 Å². The van der Waals surface area contributed by atoms with Gasteiger partial charge < -0.3 is 9.64 Å². The lowest BCUT2D eigenvalue weighted by atomic mass is 10.2. The number of morpholine rings is 1. The van der Waals surface area contributed by atoms with E-state index < -0.39 is 20.8 Å². The number of sulfone groups is 1. The summed E-state index contributed by atoms with van der Waals surface area (Å²) >= 11 is 5.90. The molecule has 0 bridgehead atoms. The predicted octanol–water partition coefficient (Wildman–Crippen LogP) is 2.34. The molecule has 1 N–H and O–H groups in total. The molecule has 2 aliphatic rings. The Morgan fingerprint density at radius 1 is 1.16 bits per heavy atom. The molecule has 2 aromatic carbocycles. The molecule has 8 nitrogen and oxygen atoms in total. The second-order valence-electron chi connectivity index (χ2n) is 7.54. The van der Waals surface area contributed by atoms with E-state index in [0.29, 0.717) is 30.5 Å². The molecule has 1 fully saturated rings. The lowest BCUT2D eigenvalue weighted by Gasteiger charge is -2.27. The highest BCUT2D eigenvalue weighted by Crippen LogP contribution is 2.29. The van der Waals surface area contributed by atoms with E-state index in [0.717, 1.165) is 24.2 Å². The van der Waals surface area contributed by atoms with Gasteiger partial charge in [0.25, 0.3) is 5.91 Å². The summed E-state index contributed by atoms with van der Waals surface area (Å²) in [5.41, 5.74) is 4.76. The standard InChI is InChI=1S/C21H23ClN4O4S/c1-25(13-15-2-5-17(22)6-3-15)21(27)20-24-23-18-7-4-16(12-19(18)31(20,28)29)14-26-8-10-30-11-9-26/h2-7,12,23H,8-11,13-14H2,1H3. The minimum absolute atomic E-state index is 0.0662. The van der Waals surface area contributed by atoms with Crippen LogP contribution in [0.4, 0.5) is 5.69 Å². The number of rotatable bonds is 5. The summed E-state index contributed by atoms with van der Waals surface area (Å²) in [6.07, 6.45) is 0. The number of nitrogens with one attached hydrogen (secondary N) is 1. The van der Waals surface area contributed by atoms with E-state index in [-0.39, 0.29) is 11.4 Å². The second-order valence-corrected chi connectivity index (χ2v) is 9.81. The molecule has 0 atom stereocenters. The molecule has 2 aliphatic heterocycles. The molecule has 10 heteroatoms. The maximum absolute atomic E-state index is 13.2. The molecule has 0 radical (unpaired) electrons. The van der Waals surface area contributed by atoms with Crippen molar-refractivity contribution in [1.29, 1.82) is 0 Å². The summed E-state index contributed by atoms with van der Waals surface area (Å²) in [6.45, 7) is 3.76. The molecule has 1 amide bonds. The third-order valence-electron chi connectivity index (χ3n) is 5.24. The number of hydrazone groups is 1. The van der Waals surface area contributed by atoms with E-state index >= 15 is 0 Å². The molecule has 0 saturated carbocycles. The van der Waals surface area contributed by atoms with E-state index in [4.69, 9.17) is 16.3 Å². The van der Waals surface area contributed by atoms with Gasteiger partial charge in [-0.3, -0.25) is 15.1 Å². The second kappa shape index (κ2) is 8.96. The van der Waals surface area contributed by atoms with Gasteiger partial charge in [0.15, 0.2) is 0 Å². The van der Waals surface area contributed by atoms with Crippen molar-refractivity contribution in [3.8, 4) is 0 Å². The number of ether oxygens (including phenoxy) is 1. The van der Waals surface area contributed by atoms with E-state index in [1.54, 1.807) is 43.4 Å². The van der Waals surface area contributed by atoms with Crippen LogP contribution >= 0.6 is 11.6 Å². The quantitative estimate of drug-likeness (QED) is 0.733. The van der Waals surface area contributed by atoms with Gasteiger partial charge in [0.05, 0.1) is 23.8 Å². The fourth-order valence-electron chi connectivity index (χ4n) is 3.53. The lowest BCUT2D eigenvalue weighted by molar-refractivity contribution is -0.123. The number of benzene rings is 2. The Hall–Kier alpha value is -2.46. The lowest BCUT2D eigenvalue weighted by Crippen LogP contribution is -2.39. The predicted molar refractivity (Wildman–Crippen MR) is 119 cm³/mol. The Bertz CT molecular complexity index is 1110. The van der Waals surface area contributed by atoms with Crippen molar-refractivity contribution in [2.75, 3.05) is 38.8 Å². The smallest absolute Gasteiger partial charge is 0.286 e. The molecule has 2 heterocycles. The van der Waals surface area contributed by atoms with E-state index in [1.165, 1.54) is 4.90 Å². The molecule has 31 heavy (non-hydrogen) atoms. The van der Waals surface area contributed by atoms with Crippen LogP contribution in [0.2, 0.25) is 5.02 Å². The third-order valence-corrected chi connectivity index (χ3v) is 7.18. The highest BCUT2D eigenvalue weighted by atomic mass is 35.5. The van der Waals surface area contributed by atoms with Gasteiger partial charge in [0.1, 0.15) is 0 Å². The van der Waals surface area contributed by atoms with Crippen molar-refractivity contribution in [2.24, 2.45) is 5.10 Å². The summed E-state index contributed by atoms with van der Waals surface area (Å²) in [5.74, 6) is -0.674. The highest BCUT2D eigenvalue weighted by Gasteiger charge is 2.36. The molecular formula is C21H23ClN4O4S. The largest absolute Gasteiger partial charge is 0.379 e. The van der Waals surface area contributed by atoms with Crippen LogP contribution in [-0.4, -0.2) is 62.5 Å². The first-order chi connectivity index (χ1) is 14.8. The topological polar surface area (TPSA) is 91.3 Å². The van der Waals surface area contributed by atoms with E-state index in [2.05, 4.69) is 15.4 Å². The van der Waals surface area contributed by atoms with Crippen LogP contribution in [0.25, 0.3) is 0 Å². The average molecular weight is 463 g/mol. The maximum Gasteiger partial charge on any atom is 0.286 e. The van der Waals surface area contributed by atoms with E-state index in [1.807, 2.05) is 6.07 Å². The van der Waals surface area contributed by atoms with Crippen molar-refractivity contribution < 1.29 is 17.9 Å². The van der Waals surface area contributed by atoms with E-state index in [9.17, 15) is 13.2 Å². The first-order valence-corrected chi connectivity index (χ1v) is 11.7. The Morgan fingerprint density at radius 2 is 1.84 bits per heavy atom. The fourth-order valence-corrected chi connectivity index (χ4v) is 5.13. The Labute approximate surface area is 186 Å². The zero-order valence-corrected chi connectivity index (χ0v) is 18.6. The van der Waals surface area contributed by atoms with Crippen LogP contribution in [0.15, 0.2) is 52.5 Å². The van der Waals surface area contributed by atoms with Crippen molar-refractivity contribution in [1.82, 2.24) is 9.80 Å². The summed E-state index contributed by atoms with van der Waals surface area (Å²) < 4.78 is 31.8. The van der Waals surface area contributed by atoms with Crippen LogP contribution < -0.4 is 5.43 Å². The number of anilines is 1. The Kier molecular flexibility index (Phi) is 6.29. The number of nitrogens with zero attached hydrogens (tertiary/aromatic N) is 3. The molecule has 2 aromatic rings. The van der Waals surface area contributed by atoms with Gasteiger partial charge in [-0.1, -0.05) is 29.8 Å². The van der Waals surface area contributed by atoms with Crippen molar-refractivity contribution >= 4 is 38.1 Å². The Morgan fingerprint density at radius 3 is 2.55 bits per heavy atom. The summed E-state index contributed by atoms with van der Waals surface area (Å²) in [6, 6.07) is 12.2. The summed E-state index contributed by atoms with van der Waals surface area (Å²) in [5, 5.41) is 3.96. The minimum atomic E-state index is -4.06. The number of hydrogen-bond donors (Lipinski definition) is 1. The van der Waals surface area contributed by atoms with Crippen LogP contribution in [0.5, 0.6) is 0 Å². The number of carbonyl (C=O) groups is 1. The molecule has 0 spiro atoms. The molecule has 0 aromatic heterocycles. The third kappa shape index (κ3) is 4.74. The number of hydrogen-bond acceptors (Lipinski definition) is 7. The van der Waals surface area contributed by atoms with Gasteiger partial charge >= 0.3 is 0 Å². The number of amides is 1.